The molecule has 56 heavy (non-hydrogen) atoms. The minimum Gasteiger partial charge on any atom is -0.432 e. The summed E-state index contributed by atoms with van der Waals surface area (Å²) in [5, 5.41) is 114. The Morgan fingerprint density at radius 3 is 1.82 bits per heavy atom. The molecule has 0 aromatic rings. The van der Waals surface area contributed by atoms with Crippen molar-refractivity contribution in [2.45, 2.75) is 170 Å². The molecule has 3 saturated heterocycles. The van der Waals surface area contributed by atoms with Gasteiger partial charge in [-0.05, 0) is 87.0 Å². The molecule has 0 radical (unpaired) electrons. The molecule has 0 aromatic heterocycles. The Morgan fingerprint density at radius 1 is 0.679 bits per heavy atom. The highest BCUT2D eigenvalue weighted by atomic mass is 16.8. The monoisotopic (exact) mass is 804 g/mol. The van der Waals surface area contributed by atoms with E-state index in [1.807, 2.05) is 13.8 Å². The SMILES string of the molecule is CC1=C[C@@]23CC[C@H]4[C@@](C)(CCC[C@@]4(C)C(=O)O[C@@H]4O[C@H](CO)[C@@H](O)[C@H](O)[C@H]4O)[C@@H]2CC[C@]1(O[C@@H]1O[C@H](CO)[C@@H](O)[C@H](O)[C@H]1O[C@@H]1O[C@H](CO)[C@@H](O)[C@H](O)[C@H]1O)C3. The van der Waals surface area contributed by atoms with Crippen molar-refractivity contribution < 1.29 is 89.4 Å². The number of aliphatic hydroxyl groups is 11. The quantitative estimate of drug-likeness (QED) is 0.0631. The number of aliphatic hydroxyl groups excluding tert-OH is 11. The van der Waals surface area contributed by atoms with Crippen LogP contribution in [-0.2, 0) is 33.2 Å². The fourth-order valence-electron chi connectivity index (χ4n) is 11.9. The molecular weight excluding hydrogens is 744 g/mol. The van der Waals surface area contributed by atoms with Gasteiger partial charge in [-0.3, -0.25) is 4.79 Å². The van der Waals surface area contributed by atoms with E-state index in [-0.39, 0.29) is 22.7 Å². The average Bonchev–Trinajstić information content (AvgIpc) is 3.37. The number of carbonyl (C=O) groups is 1. The highest BCUT2D eigenvalue weighted by Gasteiger charge is 2.68. The van der Waals surface area contributed by atoms with Crippen molar-refractivity contribution in [3.05, 3.63) is 11.6 Å². The third-order valence-electron chi connectivity index (χ3n) is 14.9. The number of esters is 1. The van der Waals surface area contributed by atoms with Crippen molar-refractivity contribution in [2.24, 2.45) is 28.1 Å². The lowest BCUT2D eigenvalue weighted by atomic mass is 9.40. The van der Waals surface area contributed by atoms with Gasteiger partial charge in [-0.1, -0.05) is 19.4 Å². The molecule has 6 fully saturated rings. The highest BCUT2D eigenvalue weighted by Crippen LogP contribution is 2.72. The zero-order valence-corrected chi connectivity index (χ0v) is 31.9. The fourth-order valence-corrected chi connectivity index (χ4v) is 11.9. The third kappa shape index (κ3) is 6.69. The molecule has 18 heteroatoms. The summed E-state index contributed by atoms with van der Waals surface area (Å²) in [5.41, 5.74) is -1.69. The van der Waals surface area contributed by atoms with E-state index >= 15 is 0 Å². The van der Waals surface area contributed by atoms with Gasteiger partial charge in [0.1, 0.15) is 73.2 Å². The summed E-state index contributed by atoms with van der Waals surface area (Å²) < 4.78 is 35.6. The topological polar surface area (TPSA) is 295 Å². The Labute approximate surface area is 324 Å². The largest absolute Gasteiger partial charge is 0.432 e. The molecule has 7 rings (SSSR count). The van der Waals surface area contributed by atoms with Crippen LogP contribution in [0.2, 0.25) is 0 Å². The van der Waals surface area contributed by atoms with Crippen LogP contribution in [-0.4, -0.2) is 180 Å². The smallest absolute Gasteiger partial charge is 0.314 e. The minimum atomic E-state index is -1.80. The maximum absolute atomic E-state index is 14.1. The molecule has 0 aromatic carbocycles. The number of hydrogen-bond donors (Lipinski definition) is 11. The van der Waals surface area contributed by atoms with Crippen molar-refractivity contribution in [1.82, 2.24) is 0 Å². The lowest BCUT2D eigenvalue weighted by Crippen LogP contribution is -2.66. The standard InChI is InChI=1S/C38H60O18/c1-16-11-37-9-5-20-35(2,7-4-8-36(20,3)34(50)55-32-29(49)26(46)23(43)18(13-40)52-32)21(37)6-10-38(16,15-37)56-33-30(27(47)24(44)19(14-41)53-33)54-31-28(48)25(45)22(42)17(12-39)51-31/h11,17-33,39-49H,4-10,12-15H2,1-3H3/t17-,18-,19-,20+,21+,22-,23-,24-,25+,26+,27+,28-,29-,30-,31+,32+,33+,35-,36-,37-,38+/m1/s1. The van der Waals surface area contributed by atoms with Crippen molar-refractivity contribution in [2.75, 3.05) is 19.8 Å². The van der Waals surface area contributed by atoms with E-state index in [9.17, 15) is 61.0 Å². The van der Waals surface area contributed by atoms with Gasteiger partial charge in [0, 0.05) is 0 Å². The van der Waals surface area contributed by atoms with Crippen molar-refractivity contribution in [1.29, 1.82) is 0 Å². The van der Waals surface area contributed by atoms with E-state index < -0.39 is 129 Å². The zero-order valence-electron chi connectivity index (χ0n) is 31.9. The normalized spacial score (nSPS) is 54.5. The van der Waals surface area contributed by atoms with Gasteiger partial charge in [-0.2, -0.15) is 0 Å². The predicted octanol–water partition coefficient (Wildman–Crippen LogP) is -2.94. The van der Waals surface area contributed by atoms with Crippen LogP contribution in [0.25, 0.3) is 0 Å². The molecule has 21 atom stereocenters. The second-order valence-corrected chi connectivity index (χ2v) is 17.9. The van der Waals surface area contributed by atoms with Gasteiger partial charge in [0.15, 0.2) is 12.6 Å². The van der Waals surface area contributed by atoms with Crippen LogP contribution in [0.1, 0.15) is 72.1 Å². The first kappa shape index (κ1) is 42.7. The first-order valence-electron chi connectivity index (χ1n) is 19.9. The molecule has 320 valence electrons. The third-order valence-corrected chi connectivity index (χ3v) is 14.9. The summed E-state index contributed by atoms with van der Waals surface area (Å²) in [6.45, 7) is 4.03. The Hall–Kier alpha value is -1.43. The fraction of sp³-hybridized carbons (Fsp3) is 0.921. The molecule has 4 aliphatic carbocycles. The van der Waals surface area contributed by atoms with Gasteiger partial charge < -0.3 is 84.6 Å². The molecule has 2 bridgehead atoms. The molecule has 18 nitrogen and oxygen atoms in total. The summed E-state index contributed by atoms with van der Waals surface area (Å²) in [4.78, 5) is 14.1. The average molecular weight is 805 g/mol. The Bertz CT molecular complexity index is 1460. The van der Waals surface area contributed by atoms with Crippen LogP contribution >= 0.6 is 0 Å². The van der Waals surface area contributed by atoms with Gasteiger partial charge in [0.25, 0.3) is 0 Å². The minimum absolute atomic E-state index is 0.105. The van der Waals surface area contributed by atoms with Crippen LogP contribution in [0.15, 0.2) is 11.6 Å². The van der Waals surface area contributed by atoms with Crippen LogP contribution in [0, 0.1) is 28.1 Å². The lowest BCUT2D eigenvalue weighted by Gasteiger charge is -2.64. The van der Waals surface area contributed by atoms with Crippen LogP contribution in [0.3, 0.4) is 0 Å². The predicted molar refractivity (Wildman–Crippen MR) is 186 cm³/mol. The van der Waals surface area contributed by atoms with Gasteiger partial charge in [-0.15, -0.1) is 0 Å². The molecule has 11 N–H and O–H groups in total. The maximum atomic E-state index is 14.1. The second kappa shape index (κ2) is 15.6. The van der Waals surface area contributed by atoms with Gasteiger partial charge in [-0.25, -0.2) is 0 Å². The van der Waals surface area contributed by atoms with E-state index in [1.165, 1.54) is 0 Å². The Balaban J connectivity index is 1.10. The Kier molecular flexibility index (Phi) is 11.9. The van der Waals surface area contributed by atoms with E-state index in [2.05, 4.69) is 13.0 Å². The first-order chi connectivity index (χ1) is 26.4. The molecule has 3 saturated carbocycles. The summed E-state index contributed by atoms with van der Waals surface area (Å²) in [7, 11) is 0. The van der Waals surface area contributed by atoms with Gasteiger partial charge in [0.2, 0.25) is 6.29 Å². The summed E-state index contributed by atoms with van der Waals surface area (Å²) >= 11 is 0. The molecular formula is C38H60O18. The molecule has 0 unspecified atom stereocenters. The summed E-state index contributed by atoms with van der Waals surface area (Å²) in [6.07, 6.45) is -16.1. The summed E-state index contributed by atoms with van der Waals surface area (Å²) in [5.74, 6) is -0.604. The summed E-state index contributed by atoms with van der Waals surface area (Å²) in [6, 6.07) is 0. The van der Waals surface area contributed by atoms with Crippen molar-refractivity contribution in [3.63, 3.8) is 0 Å². The maximum Gasteiger partial charge on any atom is 0.314 e. The van der Waals surface area contributed by atoms with Gasteiger partial charge in [0.05, 0.1) is 30.8 Å². The number of allylic oxidation sites excluding steroid dienone is 1. The first-order valence-corrected chi connectivity index (χ1v) is 19.9. The molecule has 1 spiro atoms. The number of rotatable bonds is 9. The Morgan fingerprint density at radius 2 is 1.21 bits per heavy atom. The molecule has 3 heterocycles. The van der Waals surface area contributed by atoms with Crippen molar-refractivity contribution >= 4 is 5.97 Å². The zero-order chi connectivity index (χ0) is 40.7. The van der Waals surface area contributed by atoms with E-state index in [0.717, 1.165) is 18.4 Å². The number of carbonyl (C=O) groups excluding carboxylic acids is 1. The molecule has 3 aliphatic heterocycles. The molecule has 0 amide bonds. The lowest BCUT2D eigenvalue weighted by molar-refractivity contribution is -0.378. The van der Waals surface area contributed by atoms with Gasteiger partial charge >= 0.3 is 5.97 Å². The van der Waals surface area contributed by atoms with Crippen LogP contribution in [0.4, 0.5) is 0 Å². The second-order valence-electron chi connectivity index (χ2n) is 17.9. The van der Waals surface area contributed by atoms with E-state index in [1.54, 1.807) is 0 Å². The number of hydrogen-bond acceptors (Lipinski definition) is 18. The molecule has 7 aliphatic rings. The van der Waals surface area contributed by atoms with E-state index in [0.29, 0.717) is 38.5 Å². The number of ether oxygens (including phenoxy) is 6. The number of fused-ring (bicyclic) bond motifs is 3. The van der Waals surface area contributed by atoms with Crippen LogP contribution in [0.5, 0.6) is 0 Å². The van der Waals surface area contributed by atoms with Crippen LogP contribution < -0.4 is 0 Å². The van der Waals surface area contributed by atoms with Crippen molar-refractivity contribution in [3.8, 4) is 0 Å². The van der Waals surface area contributed by atoms with E-state index in [4.69, 9.17) is 28.4 Å². The highest BCUT2D eigenvalue weighted by molar-refractivity contribution is 5.77.